The lowest BCUT2D eigenvalue weighted by atomic mass is 10.2. The van der Waals surface area contributed by atoms with Crippen molar-refractivity contribution in [1.82, 2.24) is 5.32 Å². The van der Waals surface area contributed by atoms with E-state index in [9.17, 15) is 5.11 Å². The number of hydrogen-bond acceptors (Lipinski definition) is 4. The molecule has 0 spiro atoms. The highest BCUT2D eigenvalue weighted by Crippen LogP contribution is 2.10. The predicted molar refractivity (Wildman–Crippen MR) is 85.7 cm³/mol. The molecule has 4 heteroatoms. The summed E-state index contributed by atoms with van der Waals surface area (Å²) in [6.45, 7) is 8.53. The smallest absolute Gasteiger partial charge is 0.115 e. The molecule has 6 N–H and O–H groups in total. The quantitative estimate of drug-likeness (QED) is 0.623. The number of nitrogens with two attached hydrogens (primary N) is 2. The Bertz CT molecular complexity index is 447. The Morgan fingerprint density at radius 3 is 2.25 bits per heavy atom. The minimum atomic E-state index is 0.261. The Morgan fingerprint density at radius 2 is 1.75 bits per heavy atom. The Kier molecular flexibility index (Phi) is 8.75. The van der Waals surface area contributed by atoms with Crippen LogP contribution in [0.15, 0.2) is 47.4 Å². The monoisotopic (exact) mass is 277 g/mol. The fraction of sp³-hybridized carbons (Fsp3) is 0.375. The van der Waals surface area contributed by atoms with Crippen molar-refractivity contribution in [2.45, 2.75) is 40.7 Å². The third-order valence-corrected chi connectivity index (χ3v) is 2.65. The highest BCUT2D eigenvalue weighted by atomic mass is 16.3. The van der Waals surface area contributed by atoms with E-state index in [4.69, 9.17) is 11.5 Å². The molecule has 0 bridgehead atoms. The van der Waals surface area contributed by atoms with E-state index in [1.165, 1.54) is 0 Å². The minimum absolute atomic E-state index is 0.261. The maximum absolute atomic E-state index is 9.17. The summed E-state index contributed by atoms with van der Waals surface area (Å²) in [6.07, 6.45) is 2.68. The van der Waals surface area contributed by atoms with Gasteiger partial charge in [-0.25, -0.2) is 0 Å². The van der Waals surface area contributed by atoms with Crippen LogP contribution in [0.25, 0.3) is 0 Å². The summed E-state index contributed by atoms with van der Waals surface area (Å²) in [5.41, 5.74) is 14.5. The highest BCUT2D eigenvalue weighted by molar-refractivity contribution is 5.27. The summed E-state index contributed by atoms with van der Waals surface area (Å²) in [5.74, 6) is 0.872. The molecule has 0 saturated carbocycles. The highest BCUT2D eigenvalue weighted by Gasteiger charge is 1.97. The molecule has 0 aliphatic carbocycles. The molecule has 1 aromatic rings. The van der Waals surface area contributed by atoms with Crippen LogP contribution in [0.4, 0.5) is 0 Å². The van der Waals surface area contributed by atoms with Gasteiger partial charge in [-0.15, -0.1) is 0 Å². The lowest BCUT2D eigenvalue weighted by Gasteiger charge is -2.09. The molecule has 0 aromatic heterocycles. The van der Waals surface area contributed by atoms with Crippen molar-refractivity contribution in [2.24, 2.45) is 11.5 Å². The number of aromatic hydroxyl groups is 1. The van der Waals surface area contributed by atoms with E-state index < -0.39 is 0 Å². The van der Waals surface area contributed by atoms with Crippen LogP contribution < -0.4 is 16.8 Å². The first-order valence-corrected chi connectivity index (χ1v) is 6.97. The molecular weight excluding hydrogens is 250 g/mol. The van der Waals surface area contributed by atoms with Crippen molar-refractivity contribution >= 4 is 0 Å². The van der Waals surface area contributed by atoms with Crippen LogP contribution in [-0.4, -0.2) is 5.11 Å². The summed E-state index contributed by atoms with van der Waals surface area (Å²) in [7, 11) is 0. The Morgan fingerprint density at radius 1 is 1.20 bits per heavy atom. The van der Waals surface area contributed by atoms with E-state index in [2.05, 4.69) is 5.32 Å². The maximum Gasteiger partial charge on any atom is 0.115 e. The van der Waals surface area contributed by atoms with Crippen molar-refractivity contribution in [3.05, 3.63) is 53.0 Å². The Labute approximate surface area is 122 Å². The van der Waals surface area contributed by atoms with Crippen molar-refractivity contribution < 1.29 is 5.11 Å². The number of phenols is 1. The van der Waals surface area contributed by atoms with Gasteiger partial charge in [0.15, 0.2) is 0 Å². The van der Waals surface area contributed by atoms with Gasteiger partial charge >= 0.3 is 0 Å². The minimum Gasteiger partial charge on any atom is -0.508 e. The molecule has 0 radical (unpaired) electrons. The first kappa shape index (κ1) is 17.9. The topological polar surface area (TPSA) is 84.3 Å². The van der Waals surface area contributed by atoms with Gasteiger partial charge in [0.05, 0.1) is 5.82 Å². The molecule has 1 rings (SSSR count). The van der Waals surface area contributed by atoms with Gasteiger partial charge < -0.3 is 21.9 Å². The van der Waals surface area contributed by atoms with E-state index in [0.29, 0.717) is 12.4 Å². The SMILES string of the molecule is CC.CC/C(N)=C/C(C)=C(\N)NCc1ccc(O)cc1. The lowest BCUT2D eigenvalue weighted by molar-refractivity contribution is 0.475. The molecule has 112 valence electrons. The third-order valence-electron chi connectivity index (χ3n) is 2.65. The summed E-state index contributed by atoms with van der Waals surface area (Å²) in [6, 6.07) is 7.00. The van der Waals surface area contributed by atoms with E-state index in [-0.39, 0.29) is 5.75 Å². The number of allylic oxidation sites excluding steroid dienone is 3. The zero-order valence-electron chi connectivity index (χ0n) is 12.9. The molecule has 0 aliphatic heterocycles. The summed E-state index contributed by atoms with van der Waals surface area (Å²) in [5, 5.41) is 12.3. The van der Waals surface area contributed by atoms with Crippen LogP contribution in [-0.2, 0) is 6.54 Å². The van der Waals surface area contributed by atoms with Crippen molar-refractivity contribution in [2.75, 3.05) is 0 Å². The van der Waals surface area contributed by atoms with Gasteiger partial charge in [0, 0.05) is 12.2 Å². The van der Waals surface area contributed by atoms with Crippen LogP contribution in [0.3, 0.4) is 0 Å². The number of phenolic OH excluding ortho intramolecular Hbond substituents is 1. The number of nitrogens with one attached hydrogen (secondary N) is 1. The summed E-state index contributed by atoms with van der Waals surface area (Å²) < 4.78 is 0. The molecule has 0 unspecified atom stereocenters. The summed E-state index contributed by atoms with van der Waals surface area (Å²) >= 11 is 0. The van der Waals surface area contributed by atoms with Gasteiger partial charge in [-0.3, -0.25) is 0 Å². The largest absolute Gasteiger partial charge is 0.508 e. The van der Waals surface area contributed by atoms with Crippen LogP contribution >= 0.6 is 0 Å². The lowest BCUT2D eigenvalue weighted by Crippen LogP contribution is -2.21. The normalized spacial score (nSPS) is 12.1. The first-order chi connectivity index (χ1) is 9.52. The molecule has 20 heavy (non-hydrogen) atoms. The van der Waals surface area contributed by atoms with Gasteiger partial charge in [-0.1, -0.05) is 32.9 Å². The van der Waals surface area contributed by atoms with Crippen LogP contribution in [0.2, 0.25) is 0 Å². The zero-order chi connectivity index (χ0) is 15.5. The van der Waals surface area contributed by atoms with E-state index >= 15 is 0 Å². The second-order valence-electron chi connectivity index (χ2n) is 4.19. The van der Waals surface area contributed by atoms with Crippen molar-refractivity contribution in [1.29, 1.82) is 0 Å². The zero-order valence-corrected chi connectivity index (χ0v) is 12.9. The van der Waals surface area contributed by atoms with E-state index in [1.54, 1.807) is 12.1 Å². The van der Waals surface area contributed by atoms with Crippen molar-refractivity contribution in [3.63, 3.8) is 0 Å². The number of rotatable bonds is 5. The van der Waals surface area contributed by atoms with Crippen LogP contribution in [0.5, 0.6) is 5.75 Å². The summed E-state index contributed by atoms with van der Waals surface area (Å²) in [4.78, 5) is 0. The Balaban J connectivity index is 0.00000172. The van der Waals surface area contributed by atoms with Gasteiger partial charge in [0.25, 0.3) is 0 Å². The van der Waals surface area contributed by atoms with E-state index in [0.717, 1.165) is 23.3 Å². The van der Waals surface area contributed by atoms with Gasteiger partial charge in [0.1, 0.15) is 5.75 Å². The molecule has 4 nitrogen and oxygen atoms in total. The van der Waals surface area contributed by atoms with Gasteiger partial charge in [-0.05, 0) is 42.7 Å². The number of hydrogen-bond donors (Lipinski definition) is 4. The fourth-order valence-electron chi connectivity index (χ4n) is 1.41. The molecule has 0 heterocycles. The number of benzene rings is 1. The molecule has 1 aromatic carbocycles. The molecular formula is C16H27N3O. The first-order valence-electron chi connectivity index (χ1n) is 6.97. The van der Waals surface area contributed by atoms with Crippen LogP contribution in [0, 0.1) is 0 Å². The maximum atomic E-state index is 9.17. The standard InChI is InChI=1S/C14H21N3O.C2H6/c1-3-12(15)8-10(2)14(16)17-9-11-4-6-13(18)7-5-11;1-2/h4-8,17-18H,3,9,15-16H2,1-2H3;1-2H3/b12-8-,14-10+;. The third kappa shape index (κ3) is 6.73. The average Bonchev–Trinajstić information content (AvgIpc) is 2.48. The molecule has 0 amide bonds. The molecule has 0 fully saturated rings. The van der Waals surface area contributed by atoms with Crippen molar-refractivity contribution in [3.8, 4) is 5.75 Å². The molecule has 0 atom stereocenters. The second kappa shape index (κ2) is 9.78. The van der Waals surface area contributed by atoms with E-state index in [1.807, 2.05) is 45.9 Å². The predicted octanol–water partition coefficient (Wildman–Crippen LogP) is 2.95. The van der Waals surface area contributed by atoms with Gasteiger partial charge in [-0.2, -0.15) is 0 Å². The Hall–Kier alpha value is -2.10. The second-order valence-corrected chi connectivity index (χ2v) is 4.19. The van der Waals surface area contributed by atoms with Crippen LogP contribution in [0.1, 0.15) is 39.7 Å². The average molecular weight is 277 g/mol. The van der Waals surface area contributed by atoms with Gasteiger partial charge in [0.2, 0.25) is 0 Å². The molecule has 0 saturated heterocycles. The fourth-order valence-corrected chi connectivity index (χ4v) is 1.41. The molecule has 0 aliphatic rings.